The number of methoxy groups -OCH3 is 1. The molecule has 0 aliphatic carbocycles. The maximum Gasteiger partial charge on any atom is 0.155 e. The van der Waals surface area contributed by atoms with Gasteiger partial charge < -0.3 is 14.6 Å². The van der Waals surface area contributed by atoms with E-state index < -0.39 is 5.60 Å². The molecule has 0 bridgehead atoms. The molecule has 0 saturated heterocycles. The van der Waals surface area contributed by atoms with Crippen LogP contribution in [-0.2, 0) is 11.2 Å². The number of rotatable bonds is 7. The van der Waals surface area contributed by atoms with Crippen molar-refractivity contribution in [1.82, 2.24) is 0 Å². The molecule has 0 fully saturated rings. The highest BCUT2D eigenvalue weighted by Crippen LogP contribution is 2.19. The Kier molecular flexibility index (Phi) is 5.63. The summed E-state index contributed by atoms with van der Waals surface area (Å²) in [6.45, 7) is 2.22. The quantitative estimate of drug-likeness (QED) is 0.750. The van der Waals surface area contributed by atoms with E-state index in [1.807, 2.05) is 24.3 Å². The monoisotopic (exact) mass is 249 g/mol. The summed E-state index contributed by atoms with van der Waals surface area (Å²) in [5.74, 6) is 0.790. The Hall–Kier alpha value is -1.57. The summed E-state index contributed by atoms with van der Waals surface area (Å²) in [5, 5.41) is 17.9. The molecule has 0 spiro atoms. The molecule has 0 amide bonds. The van der Waals surface area contributed by atoms with Crippen LogP contribution in [0.3, 0.4) is 0 Å². The molecular formula is C14H19NO3. The van der Waals surface area contributed by atoms with Gasteiger partial charge in [0.05, 0.1) is 19.8 Å². The van der Waals surface area contributed by atoms with Crippen molar-refractivity contribution in [3.05, 3.63) is 29.8 Å². The molecule has 1 unspecified atom stereocenters. The van der Waals surface area contributed by atoms with Crippen molar-refractivity contribution >= 4 is 0 Å². The molecule has 98 valence electrons. The number of ether oxygens (including phenoxy) is 2. The van der Waals surface area contributed by atoms with Crippen LogP contribution in [0.1, 0.15) is 18.9 Å². The molecule has 4 nitrogen and oxygen atoms in total. The van der Waals surface area contributed by atoms with Gasteiger partial charge in [-0.2, -0.15) is 5.26 Å². The third kappa shape index (κ3) is 4.36. The van der Waals surface area contributed by atoms with E-state index in [2.05, 4.69) is 6.07 Å². The SMILES string of the molecule is COc1ccc(CC(C)(C#N)OCCCO)cc1. The van der Waals surface area contributed by atoms with Crippen LogP contribution < -0.4 is 4.74 Å². The van der Waals surface area contributed by atoms with E-state index in [0.29, 0.717) is 19.4 Å². The summed E-state index contributed by atoms with van der Waals surface area (Å²) in [4.78, 5) is 0. The summed E-state index contributed by atoms with van der Waals surface area (Å²) >= 11 is 0. The van der Waals surface area contributed by atoms with Gasteiger partial charge in [-0.1, -0.05) is 12.1 Å². The molecule has 0 aliphatic rings. The van der Waals surface area contributed by atoms with Gasteiger partial charge in [-0.25, -0.2) is 0 Å². The van der Waals surface area contributed by atoms with Crippen molar-refractivity contribution in [2.45, 2.75) is 25.4 Å². The fraction of sp³-hybridized carbons (Fsp3) is 0.500. The van der Waals surface area contributed by atoms with E-state index in [9.17, 15) is 5.26 Å². The summed E-state index contributed by atoms with van der Waals surface area (Å²) in [5.41, 5.74) is 0.160. The lowest BCUT2D eigenvalue weighted by molar-refractivity contribution is 0.00517. The second-order valence-corrected chi connectivity index (χ2v) is 4.29. The van der Waals surface area contributed by atoms with Crippen LogP contribution >= 0.6 is 0 Å². The molecule has 18 heavy (non-hydrogen) atoms. The van der Waals surface area contributed by atoms with E-state index in [1.54, 1.807) is 14.0 Å². The second kappa shape index (κ2) is 7.00. The maximum atomic E-state index is 9.18. The van der Waals surface area contributed by atoms with Gasteiger partial charge in [0.15, 0.2) is 5.60 Å². The van der Waals surface area contributed by atoms with Crippen molar-refractivity contribution in [2.24, 2.45) is 0 Å². The van der Waals surface area contributed by atoms with Crippen molar-refractivity contribution < 1.29 is 14.6 Å². The van der Waals surface area contributed by atoms with Gasteiger partial charge in [0.1, 0.15) is 5.75 Å². The number of aliphatic hydroxyl groups is 1. The first kappa shape index (κ1) is 14.5. The van der Waals surface area contributed by atoms with Crippen LogP contribution in [0.15, 0.2) is 24.3 Å². The van der Waals surface area contributed by atoms with Gasteiger partial charge in [0.2, 0.25) is 0 Å². The normalized spacial score (nSPS) is 13.7. The van der Waals surface area contributed by atoms with Gasteiger partial charge in [0.25, 0.3) is 0 Å². The molecular weight excluding hydrogens is 230 g/mol. The first-order chi connectivity index (χ1) is 8.63. The van der Waals surface area contributed by atoms with E-state index in [1.165, 1.54) is 0 Å². The first-order valence-corrected chi connectivity index (χ1v) is 5.92. The zero-order valence-electron chi connectivity index (χ0n) is 10.8. The standard InChI is InChI=1S/C14H19NO3/c1-14(11-15,18-9-3-8-16)10-12-4-6-13(17-2)7-5-12/h4-7,16H,3,8-10H2,1-2H3. The average molecular weight is 249 g/mol. The highest BCUT2D eigenvalue weighted by Gasteiger charge is 2.24. The minimum Gasteiger partial charge on any atom is -0.497 e. The molecule has 0 aromatic heterocycles. The Morgan fingerprint density at radius 3 is 2.50 bits per heavy atom. The number of hydrogen-bond acceptors (Lipinski definition) is 4. The zero-order chi connectivity index (χ0) is 13.4. The van der Waals surface area contributed by atoms with Crippen molar-refractivity contribution in [3.63, 3.8) is 0 Å². The molecule has 0 radical (unpaired) electrons. The summed E-state index contributed by atoms with van der Waals surface area (Å²) < 4.78 is 10.6. The Bertz CT molecular complexity index is 396. The molecule has 4 heteroatoms. The first-order valence-electron chi connectivity index (χ1n) is 5.92. The Morgan fingerprint density at radius 2 is 2.00 bits per heavy atom. The van der Waals surface area contributed by atoms with E-state index in [4.69, 9.17) is 14.6 Å². The number of nitrogens with zero attached hydrogens (tertiary/aromatic N) is 1. The predicted molar refractivity (Wildman–Crippen MR) is 68.4 cm³/mol. The maximum absolute atomic E-state index is 9.18. The van der Waals surface area contributed by atoms with Crippen LogP contribution in [-0.4, -0.2) is 31.0 Å². The Morgan fingerprint density at radius 1 is 1.33 bits per heavy atom. The number of hydrogen-bond donors (Lipinski definition) is 1. The van der Waals surface area contributed by atoms with Crippen molar-refractivity contribution in [2.75, 3.05) is 20.3 Å². The fourth-order valence-electron chi connectivity index (χ4n) is 1.62. The third-order valence-corrected chi connectivity index (χ3v) is 2.66. The smallest absolute Gasteiger partial charge is 0.155 e. The fourth-order valence-corrected chi connectivity index (χ4v) is 1.62. The largest absolute Gasteiger partial charge is 0.497 e. The molecule has 1 rings (SSSR count). The summed E-state index contributed by atoms with van der Waals surface area (Å²) in [6.07, 6.45) is 1.05. The number of aliphatic hydroxyl groups excluding tert-OH is 1. The second-order valence-electron chi connectivity index (χ2n) is 4.29. The van der Waals surface area contributed by atoms with Crippen LogP contribution in [0.2, 0.25) is 0 Å². The topological polar surface area (TPSA) is 62.5 Å². The highest BCUT2D eigenvalue weighted by molar-refractivity contribution is 5.29. The van der Waals surface area contributed by atoms with Gasteiger partial charge in [-0.05, 0) is 31.0 Å². The third-order valence-electron chi connectivity index (χ3n) is 2.66. The zero-order valence-corrected chi connectivity index (χ0v) is 10.8. The van der Waals surface area contributed by atoms with Gasteiger partial charge in [-0.15, -0.1) is 0 Å². The van der Waals surface area contributed by atoms with Crippen LogP contribution in [0, 0.1) is 11.3 Å². The van der Waals surface area contributed by atoms with Crippen LogP contribution in [0.5, 0.6) is 5.75 Å². The van der Waals surface area contributed by atoms with E-state index >= 15 is 0 Å². The lowest BCUT2D eigenvalue weighted by atomic mass is 9.97. The van der Waals surface area contributed by atoms with Gasteiger partial charge in [-0.3, -0.25) is 0 Å². The van der Waals surface area contributed by atoms with E-state index in [-0.39, 0.29) is 6.61 Å². The minimum atomic E-state index is -0.857. The number of benzene rings is 1. The lowest BCUT2D eigenvalue weighted by Gasteiger charge is -2.22. The summed E-state index contributed by atoms with van der Waals surface area (Å²) in [7, 11) is 1.62. The molecule has 0 saturated carbocycles. The number of nitriles is 1. The van der Waals surface area contributed by atoms with Gasteiger partial charge in [0, 0.05) is 13.0 Å². The minimum absolute atomic E-state index is 0.0735. The Balaban J connectivity index is 2.63. The van der Waals surface area contributed by atoms with Gasteiger partial charge >= 0.3 is 0 Å². The Labute approximate surface area is 108 Å². The lowest BCUT2D eigenvalue weighted by Crippen LogP contribution is -2.30. The molecule has 1 aromatic carbocycles. The average Bonchev–Trinajstić information content (AvgIpc) is 2.40. The van der Waals surface area contributed by atoms with Crippen LogP contribution in [0.4, 0.5) is 0 Å². The highest BCUT2D eigenvalue weighted by atomic mass is 16.5. The molecule has 0 aliphatic heterocycles. The molecule has 1 atom stereocenters. The van der Waals surface area contributed by atoms with Crippen LogP contribution in [0.25, 0.3) is 0 Å². The summed E-state index contributed by atoms with van der Waals surface area (Å²) in [6, 6.07) is 9.74. The van der Waals surface area contributed by atoms with E-state index in [0.717, 1.165) is 11.3 Å². The molecule has 0 heterocycles. The van der Waals surface area contributed by atoms with Crippen molar-refractivity contribution in [1.29, 1.82) is 5.26 Å². The predicted octanol–water partition coefficient (Wildman–Crippen LogP) is 1.92. The molecule has 1 aromatic rings. The van der Waals surface area contributed by atoms with Crippen molar-refractivity contribution in [3.8, 4) is 11.8 Å². The molecule has 1 N–H and O–H groups in total.